The summed E-state index contributed by atoms with van der Waals surface area (Å²) in [7, 11) is 3.06. The van der Waals surface area contributed by atoms with E-state index in [1.54, 1.807) is 36.2 Å². The first kappa shape index (κ1) is 17.5. The van der Waals surface area contributed by atoms with E-state index < -0.39 is 5.97 Å². The van der Waals surface area contributed by atoms with Crippen LogP contribution in [0.15, 0.2) is 48.5 Å². The van der Waals surface area contributed by atoms with Gasteiger partial charge in [-0.1, -0.05) is 30.3 Å². The number of rotatable bonds is 6. The van der Waals surface area contributed by atoms with Crippen molar-refractivity contribution >= 4 is 11.9 Å². The molecule has 0 aliphatic heterocycles. The fraction of sp³-hybridized carbons (Fsp3) is 0.263. The van der Waals surface area contributed by atoms with Crippen LogP contribution in [0.3, 0.4) is 0 Å². The summed E-state index contributed by atoms with van der Waals surface area (Å²) in [6.45, 7) is 2.45. The van der Waals surface area contributed by atoms with Crippen LogP contribution in [0.1, 0.15) is 21.5 Å². The highest BCUT2D eigenvalue weighted by Crippen LogP contribution is 2.15. The van der Waals surface area contributed by atoms with E-state index in [0.29, 0.717) is 17.9 Å². The van der Waals surface area contributed by atoms with Crippen molar-refractivity contribution in [1.82, 2.24) is 4.90 Å². The van der Waals surface area contributed by atoms with Gasteiger partial charge in [0, 0.05) is 13.6 Å². The number of likely N-dealkylation sites (N-methyl/N-ethyl adjacent to an activating group) is 1. The average Bonchev–Trinajstić information content (AvgIpc) is 2.61. The van der Waals surface area contributed by atoms with Crippen LogP contribution in [0, 0.1) is 6.92 Å². The Hall–Kier alpha value is -2.82. The van der Waals surface area contributed by atoms with Gasteiger partial charge in [0.15, 0.2) is 6.61 Å². The van der Waals surface area contributed by atoms with Crippen molar-refractivity contribution in [3.63, 3.8) is 0 Å². The van der Waals surface area contributed by atoms with E-state index in [4.69, 9.17) is 4.74 Å². The molecule has 0 saturated heterocycles. The fourth-order valence-electron chi connectivity index (χ4n) is 2.22. The number of aryl methyl sites for hydroxylation is 1. The smallest absolute Gasteiger partial charge is 0.337 e. The van der Waals surface area contributed by atoms with Gasteiger partial charge in [-0.25, -0.2) is 4.79 Å². The summed E-state index contributed by atoms with van der Waals surface area (Å²) in [5.74, 6) is -0.124. The third kappa shape index (κ3) is 4.59. The number of nitrogens with zero attached hydrogens (tertiary/aromatic N) is 1. The van der Waals surface area contributed by atoms with Crippen molar-refractivity contribution in [3.8, 4) is 5.75 Å². The van der Waals surface area contributed by atoms with Crippen LogP contribution in [0.25, 0.3) is 0 Å². The lowest BCUT2D eigenvalue weighted by Gasteiger charge is -2.18. The Kier molecular flexibility index (Phi) is 5.95. The molecule has 0 atom stereocenters. The van der Waals surface area contributed by atoms with Gasteiger partial charge in [-0.2, -0.15) is 0 Å². The molecular formula is C19H21NO4. The number of methoxy groups -OCH3 is 1. The molecule has 1 amide bonds. The van der Waals surface area contributed by atoms with Crippen molar-refractivity contribution in [2.45, 2.75) is 13.5 Å². The second-order valence-electron chi connectivity index (χ2n) is 5.48. The first-order chi connectivity index (χ1) is 11.5. The second kappa shape index (κ2) is 8.15. The Balaban J connectivity index is 1.93. The van der Waals surface area contributed by atoms with Gasteiger partial charge >= 0.3 is 5.97 Å². The van der Waals surface area contributed by atoms with E-state index in [9.17, 15) is 9.59 Å². The zero-order chi connectivity index (χ0) is 17.5. The molecule has 0 heterocycles. The lowest BCUT2D eigenvalue weighted by Crippen LogP contribution is -2.31. The fourth-order valence-corrected chi connectivity index (χ4v) is 2.22. The SMILES string of the molecule is COC(=O)c1cccc(OCC(=O)N(C)Cc2ccccc2C)c1. The van der Waals surface area contributed by atoms with Gasteiger partial charge in [0.25, 0.3) is 5.91 Å². The van der Waals surface area contributed by atoms with Crippen LogP contribution in [0.2, 0.25) is 0 Å². The standard InChI is InChI=1S/C19H21NO4/c1-14-7-4-5-8-16(14)12-20(2)18(21)13-24-17-10-6-9-15(11-17)19(22)23-3/h4-11H,12-13H2,1-3H3. The Morgan fingerprint density at radius 1 is 1.08 bits per heavy atom. The van der Waals surface area contributed by atoms with Crippen molar-refractivity contribution < 1.29 is 19.1 Å². The summed E-state index contributed by atoms with van der Waals surface area (Å²) in [4.78, 5) is 25.3. The highest BCUT2D eigenvalue weighted by molar-refractivity contribution is 5.89. The summed E-state index contributed by atoms with van der Waals surface area (Å²) in [6, 6.07) is 14.5. The van der Waals surface area contributed by atoms with E-state index in [1.807, 2.05) is 31.2 Å². The predicted molar refractivity (Wildman–Crippen MR) is 90.9 cm³/mol. The number of carbonyl (C=O) groups is 2. The third-order valence-electron chi connectivity index (χ3n) is 3.71. The van der Waals surface area contributed by atoms with Crippen LogP contribution in [0.4, 0.5) is 0 Å². The maximum absolute atomic E-state index is 12.2. The van der Waals surface area contributed by atoms with E-state index >= 15 is 0 Å². The molecule has 0 unspecified atom stereocenters. The summed E-state index contributed by atoms with van der Waals surface area (Å²) >= 11 is 0. The molecule has 0 aliphatic carbocycles. The highest BCUT2D eigenvalue weighted by atomic mass is 16.5. The summed E-state index contributed by atoms with van der Waals surface area (Å²) in [5.41, 5.74) is 2.63. The maximum atomic E-state index is 12.2. The number of hydrogen-bond acceptors (Lipinski definition) is 4. The number of benzene rings is 2. The van der Waals surface area contributed by atoms with Crippen LogP contribution < -0.4 is 4.74 Å². The Labute approximate surface area is 141 Å². The molecule has 2 aromatic rings. The van der Waals surface area contributed by atoms with Gasteiger partial charge in [-0.15, -0.1) is 0 Å². The molecule has 24 heavy (non-hydrogen) atoms. The molecule has 5 nitrogen and oxygen atoms in total. The molecule has 0 bridgehead atoms. The molecule has 0 fully saturated rings. The van der Waals surface area contributed by atoms with Gasteiger partial charge in [-0.05, 0) is 36.2 Å². The topological polar surface area (TPSA) is 55.8 Å². The normalized spacial score (nSPS) is 10.1. The number of ether oxygens (including phenoxy) is 2. The van der Waals surface area contributed by atoms with Crippen molar-refractivity contribution in [2.75, 3.05) is 20.8 Å². The van der Waals surface area contributed by atoms with Crippen LogP contribution in [-0.4, -0.2) is 37.5 Å². The minimum atomic E-state index is -0.441. The number of amides is 1. The van der Waals surface area contributed by atoms with Gasteiger partial charge in [-0.3, -0.25) is 4.79 Å². The average molecular weight is 327 g/mol. The molecule has 2 aromatic carbocycles. The molecule has 0 spiro atoms. The monoisotopic (exact) mass is 327 g/mol. The molecule has 0 radical (unpaired) electrons. The van der Waals surface area contributed by atoms with Gasteiger partial charge in [0.05, 0.1) is 12.7 Å². The van der Waals surface area contributed by atoms with E-state index in [-0.39, 0.29) is 12.5 Å². The Bertz CT molecular complexity index is 727. The van der Waals surface area contributed by atoms with Crippen molar-refractivity contribution in [3.05, 3.63) is 65.2 Å². The maximum Gasteiger partial charge on any atom is 0.337 e. The largest absolute Gasteiger partial charge is 0.484 e. The Morgan fingerprint density at radius 2 is 1.83 bits per heavy atom. The molecule has 5 heteroatoms. The summed E-state index contributed by atoms with van der Waals surface area (Å²) in [6.07, 6.45) is 0. The minimum Gasteiger partial charge on any atom is -0.484 e. The third-order valence-corrected chi connectivity index (χ3v) is 3.71. The second-order valence-corrected chi connectivity index (χ2v) is 5.48. The molecule has 0 saturated carbocycles. The Morgan fingerprint density at radius 3 is 2.54 bits per heavy atom. The number of hydrogen-bond donors (Lipinski definition) is 0. The molecule has 0 aromatic heterocycles. The van der Waals surface area contributed by atoms with Crippen molar-refractivity contribution in [2.24, 2.45) is 0 Å². The lowest BCUT2D eigenvalue weighted by molar-refractivity contribution is -0.132. The highest BCUT2D eigenvalue weighted by Gasteiger charge is 2.12. The van der Waals surface area contributed by atoms with E-state index in [2.05, 4.69) is 4.74 Å². The van der Waals surface area contributed by atoms with Gasteiger partial charge in [0.1, 0.15) is 5.75 Å². The molecule has 0 aliphatic rings. The van der Waals surface area contributed by atoms with Crippen LogP contribution in [0.5, 0.6) is 5.75 Å². The van der Waals surface area contributed by atoms with Crippen molar-refractivity contribution in [1.29, 1.82) is 0 Å². The summed E-state index contributed by atoms with van der Waals surface area (Å²) < 4.78 is 10.2. The predicted octanol–water partition coefficient (Wildman–Crippen LogP) is 2.82. The first-order valence-corrected chi connectivity index (χ1v) is 7.61. The van der Waals surface area contributed by atoms with Crippen LogP contribution >= 0.6 is 0 Å². The summed E-state index contributed by atoms with van der Waals surface area (Å²) in [5, 5.41) is 0. The van der Waals surface area contributed by atoms with Gasteiger partial charge < -0.3 is 14.4 Å². The van der Waals surface area contributed by atoms with E-state index in [0.717, 1.165) is 11.1 Å². The molecular weight excluding hydrogens is 306 g/mol. The number of esters is 1. The lowest BCUT2D eigenvalue weighted by atomic mass is 10.1. The zero-order valence-corrected chi connectivity index (χ0v) is 14.1. The van der Waals surface area contributed by atoms with Gasteiger partial charge in [0.2, 0.25) is 0 Å². The first-order valence-electron chi connectivity index (χ1n) is 7.61. The minimum absolute atomic E-state index is 0.0903. The molecule has 0 N–H and O–H groups in total. The van der Waals surface area contributed by atoms with E-state index in [1.165, 1.54) is 7.11 Å². The molecule has 126 valence electrons. The zero-order valence-electron chi connectivity index (χ0n) is 14.1. The molecule has 2 rings (SSSR count). The number of carbonyl (C=O) groups excluding carboxylic acids is 2. The quantitative estimate of drug-likeness (QED) is 0.766. The van der Waals surface area contributed by atoms with Crippen LogP contribution in [-0.2, 0) is 16.1 Å².